The van der Waals surface area contributed by atoms with Gasteiger partial charge in [-0.25, -0.2) is 4.79 Å². The van der Waals surface area contributed by atoms with E-state index in [1.54, 1.807) is 16.2 Å². The second-order valence-electron chi connectivity index (χ2n) is 4.77. The number of carbonyl (C=O) groups excluding carboxylic acids is 1. The van der Waals surface area contributed by atoms with Gasteiger partial charge in [-0.15, -0.1) is 0 Å². The number of fused-ring (bicyclic) bond motifs is 1. The zero-order valence-corrected chi connectivity index (χ0v) is 12.1. The third-order valence-corrected chi connectivity index (χ3v) is 4.26. The van der Waals surface area contributed by atoms with Crippen LogP contribution in [0.15, 0.2) is 27.5 Å². The van der Waals surface area contributed by atoms with Crippen molar-refractivity contribution in [1.29, 1.82) is 0 Å². The average molecular weight is 324 g/mol. The number of carbonyl (C=O) groups is 1. The second-order valence-corrected chi connectivity index (χ2v) is 5.62. The van der Waals surface area contributed by atoms with Crippen LogP contribution in [0, 0.1) is 0 Å². The summed E-state index contributed by atoms with van der Waals surface area (Å²) in [7, 11) is 1.73. The van der Waals surface area contributed by atoms with E-state index in [1.165, 1.54) is 0 Å². The van der Waals surface area contributed by atoms with E-state index < -0.39 is 6.04 Å². The van der Waals surface area contributed by atoms with Crippen LogP contribution in [0.25, 0.3) is 11.0 Å². The summed E-state index contributed by atoms with van der Waals surface area (Å²) in [5, 5.41) is 2.83. The summed E-state index contributed by atoms with van der Waals surface area (Å²) in [6.07, 6.45) is 1.60. The molecule has 1 N–H and O–H groups in total. The van der Waals surface area contributed by atoms with Gasteiger partial charge in [0.25, 0.3) is 0 Å². The lowest BCUT2D eigenvalue weighted by atomic mass is 10.1. The number of hydrogen-bond donors (Lipinski definition) is 1. The summed E-state index contributed by atoms with van der Waals surface area (Å²) >= 11 is 3.46. The third-order valence-electron chi connectivity index (χ3n) is 3.62. The van der Waals surface area contributed by atoms with Crippen LogP contribution in [-0.2, 0) is 11.8 Å². The van der Waals surface area contributed by atoms with Crippen molar-refractivity contribution in [3.63, 3.8) is 0 Å². The van der Waals surface area contributed by atoms with Gasteiger partial charge >= 0.3 is 5.69 Å². The summed E-state index contributed by atoms with van der Waals surface area (Å²) in [5.74, 6) is -0.0687. The number of rotatable bonds is 1. The zero-order chi connectivity index (χ0) is 13.6. The lowest BCUT2D eigenvalue weighted by Gasteiger charge is -2.22. The molecule has 1 amide bonds. The molecule has 1 unspecified atom stereocenters. The zero-order valence-electron chi connectivity index (χ0n) is 10.5. The number of halogens is 1. The maximum absolute atomic E-state index is 12.4. The summed E-state index contributed by atoms with van der Waals surface area (Å²) in [5.41, 5.74) is 1.47. The molecule has 2 aromatic rings. The lowest BCUT2D eigenvalue weighted by molar-refractivity contribution is -0.125. The Balaban J connectivity index is 2.29. The van der Waals surface area contributed by atoms with E-state index in [0.717, 1.165) is 21.9 Å². The van der Waals surface area contributed by atoms with Crippen LogP contribution in [0.1, 0.15) is 18.9 Å². The molecule has 1 fully saturated rings. The number of para-hydroxylation sites is 1. The molecule has 1 saturated heterocycles. The Labute approximate surface area is 118 Å². The van der Waals surface area contributed by atoms with Gasteiger partial charge in [0.05, 0.1) is 11.0 Å². The van der Waals surface area contributed by atoms with E-state index in [4.69, 9.17) is 0 Å². The molecule has 19 heavy (non-hydrogen) atoms. The standard InChI is InChI=1S/C13H14BrN3O2/c1-16-11-8(14)4-2-5-9(11)17(13(16)19)10-6-3-7-15-12(10)18/h2,4-5,10H,3,6-7H2,1H3,(H,15,18). The molecule has 0 spiro atoms. The highest BCUT2D eigenvalue weighted by Crippen LogP contribution is 2.26. The molecule has 3 rings (SSSR count). The number of benzene rings is 1. The highest BCUT2D eigenvalue weighted by atomic mass is 79.9. The van der Waals surface area contributed by atoms with Crippen molar-refractivity contribution >= 4 is 32.9 Å². The number of nitrogens with zero attached hydrogens (tertiary/aromatic N) is 2. The minimum absolute atomic E-state index is 0.0687. The van der Waals surface area contributed by atoms with Crippen molar-refractivity contribution in [1.82, 2.24) is 14.5 Å². The first-order chi connectivity index (χ1) is 9.11. The molecule has 1 aromatic carbocycles. The Morgan fingerprint density at radius 3 is 2.89 bits per heavy atom. The molecule has 1 aliphatic heterocycles. The van der Waals surface area contributed by atoms with Crippen LogP contribution < -0.4 is 11.0 Å². The van der Waals surface area contributed by atoms with Crippen molar-refractivity contribution in [2.24, 2.45) is 7.05 Å². The highest BCUT2D eigenvalue weighted by Gasteiger charge is 2.28. The number of imidazole rings is 1. The number of amides is 1. The molecule has 0 radical (unpaired) electrons. The van der Waals surface area contributed by atoms with E-state index in [9.17, 15) is 9.59 Å². The largest absolute Gasteiger partial charge is 0.354 e. The van der Waals surface area contributed by atoms with Gasteiger partial charge in [-0.1, -0.05) is 6.07 Å². The van der Waals surface area contributed by atoms with Crippen LogP contribution >= 0.6 is 15.9 Å². The first kappa shape index (κ1) is 12.5. The molecule has 1 atom stereocenters. The molecule has 1 aliphatic rings. The Morgan fingerprint density at radius 2 is 2.16 bits per heavy atom. The Hall–Kier alpha value is -1.56. The van der Waals surface area contributed by atoms with Crippen LogP contribution in [0.5, 0.6) is 0 Å². The van der Waals surface area contributed by atoms with Crippen molar-refractivity contribution < 1.29 is 4.79 Å². The van der Waals surface area contributed by atoms with Crippen LogP contribution in [0.3, 0.4) is 0 Å². The molecule has 2 heterocycles. The van der Waals surface area contributed by atoms with Crippen LogP contribution in [0.4, 0.5) is 0 Å². The van der Waals surface area contributed by atoms with E-state index in [-0.39, 0.29) is 11.6 Å². The number of aromatic nitrogens is 2. The van der Waals surface area contributed by atoms with Gasteiger partial charge in [0.2, 0.25) is 5.91 Å². The van der Waals surface area contributed by atoms with Gasteiger partial charge in [-0.3, -0.25) is 13.9 Å². The third kappa shape index (κ3) is 1.82. The van der Waals surface area contributed by atoms with Gasteiger partial charge in [0, 0.05) is 18.1 Å². The Bertz CT molecular complexity index is 716. The maximum atomic E-state index is 12.4. The van der Waals surface area contributed by atoms with Gasteiger partial charge in [0.1, 0.15) is 6.04 Å². The van der Waals surface area contributed by atoms with E-state index in [1.807, 2.05) is 18.2 Å². The molecule has 0 bridgehead atoms. The summed E-state index contributed by atoms with van der Waals surface area (Å²) < 4.78 is 4.05. The molecular weight excluding hydrogens is 310 g/mol. The van der Waals surface area contributed by atoms with E-state index >= 15 is 0 Å². The van der Waals surface area contributed by atoms with Gasteiger partial charge in [-0.2, -0.15) is 0 Å². The van der Waals surface area contributed by atoms with Crippen molar-refractivity contribution in [3.8, 4) is 0 Å². The molecule has 1 aromatic heterocycles. The first-order valence-electron chi connectivity index (χ1n) is 6.24. The van der Waals surface area contributed by atoms with E-state index in [0.29, 0.717) is 13.0 Å². The fourth-order valence-corrected chi connectivity index (χ4v) is 3.32. The number of nitrogens with one attached hydrogen (secondary N) is 1. The topological polar surface area (TPSA) is 56.0 Å². The summed E-state index contributed by atoms with van der Waals surface area (Å²) in [6.45, 7) is 0.693. The average Bonchev–Trinajstić information content (AvgIpc) is 2.64. The first-order valence-corrected chi connectivity index (χ1v) is 7.03. The Morgan fingerprint density at radius 1 is 1.37 bits per heavy atom. The second kappa shape index (κ2) is 4.52. The molecular formula is C13H14BrN3O2. The van der Waals surface area contributed by atoms with Gasteiger partial charge in [0.15, 0.2) is 0 Å². The van der Waals surface area contributed by atoms with Crippen LogP contribution in [-0.4, -0.2) is 21.6 Å². The minimum Gasteiger partial charge on any atom is -0.354 e. The molecule has 0 saturated carbocycles. The molecule has 100 valence electrons. The predicted molar refractivity (Wildman–Crippen MR) is 76.2 cm³/mol. The van der Waals surface area contributed by atoms with Crippen molar-refractivity contribution in [2.75, 3.05) is 6.54 Å². The monoisotopic (exact) mass is 323 g/mol. The quantitative estimate of drug-likeness (QED) is 0.865. The summed E-state index contributed by atoms with van der Waals surface area (Å²) in [6, 6.07) is 5.25. The highest BCUT2D eigenvalue weighted by molar-refractivity contribution is 9.10. The molecule has 5 nitrogen and oxygen atoms in total. The molecule has 6 heteroatoms. The minimum atomic E-state index is -0.403. The lowest BCUT2D eigenvalue weighted by Crippen LogP contribution is -2.41. The Kier molecular flexibility index (Phi) is 2.97. The molecule has 0 aliphatic carbocycles. The normalized spacial score (nSPS) is 19.7. The number of piperidine rings is 1. The SMILES string of the molecule is Cn1c(=O)n(C2CCCNC2=O)c2cccc(Br)c21. The van der Waals surface area contributed by atoms with Gasteiger partial charge in [-0.05, 0) is 40.9 Å². The fourth-order valence-electron chi connectivity index (χ4n) is 2.69. The fraction of sp³-hybridized carbons (Fsp3) is 0.385. The van der Waals surface area contributed by atoms with Crippen molar-refractivity contribution in [3.05, 3.63) is 33.2 Å². The number of hydrogen-bond acceptors (Lipinski definition) is 2. The van der Waals surface area contributed by atoms with Gasteiger partial charge < -0.3 is 5.32 Å². The maximum Gasteiger partial charge on any atom is 0.329 e. The van der Waals surface area contributed by atoms with Crippen molar-refractivity contribution in [2.45, 2.75) is 18.9 Å². The number of aryl methyl sites for hydroxylation is 1. The predicted octanol–water partition coefficient (Wildman–Crippen LogP) is 1.55. The smallest absolute Gasteiger partial charge is 0.329 e. The summed E-state index contributed by atoms with van der Waals surface area (Å²) in [4.78, 5) is 24.4. The van der Waals surface area contributed by atoms with E-state index in [2.05, 4.69) is 21.2 Å². The van der Waals surface area contributed by atoms with Crippen LogP contribution in [0.2, 0.25) is 0 Å².